The van der Waals surface area contributed by atoms with E-state index in [0.717, 1.165) is 14.9 Å². The van der Waals surface area contributed by atoms with Crippen LogP contribution in [0.2, 0.25) is 0 Å². The largest absolute Gasteiger partial charge is 0.334 e. The van der Waals surface area contributed by atoms with Crippen LogP contribution in [0, 0.1) is 6.92 Å². The number of imide groups is 2. The first-order valence-corrected chi connectivity index (χ1v) is 7.93. The van der Waals surface area contributed by atoms with Gasteiger partial charge in [-0.25, -0.2) is 9.69 Å². The third-order valence-electron chi connectivity index (χ3n) is 3.76. The normalized spacial score (nSPS) is 17.9. The smallest absolute Gasteiger partial charge is 0.324 e. The molecule has 0 unspecified atom stereocenters. The van der Waals surface area contributed by atoms with Crippen LogP contribution in [0.15, 0.2) is 22.7 Å². The van der Waals surface area contributed by atoms with E-state index in [2.05, 4.69) is 21.2 Å². The number of carbonyl (C=O) groups excluding carboxylic acids is 4. The number of amides is 5. The van der Waals surface area contributed by atoms with E-state index in [1.807, 2.05) is 13.0 Å². The fraction of sp³-hybridized carbons (Fsp3) is 0.333. The molecule has 7 nitrogen and oxygen atoms in total. The van der Waals surface area contributed by atoms with Gasteiger partial charge in [0.05, 0.1) is 0 Å². The van der Waals surface area contributed by atoms with Crippen molar-refractivity contribution in [1.82, 2.24) is 9.80 Å². The Labute approximate surface area is 140 Å². The first-order valence-electron chi connectivity index (χ1n) is 7.13. The second-order valence-corrected chi connectivity index (χ2v) is 6.50. The zero-order valence-corrected chi connectivity index (χ0v) is 13.9. The quantitative estimate of drug-likeness (QED) is 0.636. The minimum absolute atomic E-state index is 0.194. The SMILES string of the molecule is Cc1cc(Br)ccc1NC(=O)CN1C(=O)C(=O)N(C2CC2)C1=O. The number of hydrogen-bond donors (Lipinski definition) is 1. The van der Waals surface area contributed by atoms with Crippen molar-refractivity contribution in [2.24, 2.45) is 0 Å². The van der Waals surface area contributed by atoms with Gasteiger partial charge in [0, 0.05) is 16.2 Å². The van der Waals surface area contributed by atoms with Crippen molar-refractivity contribution < 1.29 is 19.2 Å². The van der Waals surface area contributed by atoms with Gasteiger partial charge in [-0.15, -0.1) is 0 Å². The maximum Gasteiger partial charge on any atom is 0.334 e. The van der Waals surface area contributed by atoms with E-state index in [9.17, 15) is 19.2 Å². The molecule has 1 aliphatic carbocycles. The average Bonchev–Trinajstić information content (AvgIpc) is 3.28. The molecule has 1 heterocycles. The molecular formula is C15H14BrN3O4. The molecule has 0 spiro atoms. The number of urea groups is 1. The highest BCUT2D eigenvalue weighted by Gasteiger charge is 2.51. The van der Waals surface area contributed by atoms with E-state index in [0.29, 0.717) is 23.4 Å². The number of nitrogens with zero attached hydrogens (tertiary/aromatic N) is 2. The lowest BCUT2D eigenvalue weighted by molar-refractivity contribution is -0.143. The predicted molar refractivity (Wildman–Crippen MR) is 84.5 cm³/mol. The van der Waals surface area contributed by atoms with Crippen molar-refractivity contribution in [3.05, 3.63) is 28.2 Å². The second-order valence-electron chi connectivity index (χ2n) is 5.59. The van der Waals surface area contributed by atoms with Gasteiger partial charge in [0.1, 0.15) is 6.54 Å². The molecule has 2 aliphatic rings. The number of aryl methyl sites for hydroxylation is 1. The molecule has 2 fully saturated rings. The number of benzene rings is 1. The van der Waals surface area contributed by atoms with Crippen LogP contribution in [0.5, 0.6) is 0 Å². The lowest BCUT2D eigenvalue weighted by atomic mass is 10.2. The molecule has 0 radical (unpaired) electrons. The summed E-state index contributed by atoms with van der Waals surface area (Å²) in [4.78, 5) is 49.6. The number of hydrogen-bond acceptors (Lipinski definition) is 4. The first kappa shape index (κ1) is 15.7. The number of nitrogens with one attached hydrogen (secondary N) is 1. The molecule has 1 aromatic rings. The van der Waals surface area contributed by atoms with Gasteiger partial charge in [0.25, 0.3) is 0 Å². The summed E-state index contributed by atoms with van der Waals surface area (Å²) in [5.74, 6) is -2.31. The van der Waals surface area contributed by atoms with Gasteiger partial charge < -0.3 is 5.32 Å². The molecule has 23 heavy (non-hydrogen) atoms. The molecule has 1 aliphatic heterocycles. The highest BCUT2D eigenvalue weighted by atomic mass is 79.9. The van der Waals surface area contributed by atoms with Crippen LogP contribution in [0.4, 0.5) is 10.5 Å². The van der Waals surface area contributed by atoms with Crippen molar-refractivity contribution in [2.45, 2.75) is 25.8 Å². The van der Waals surface area contributed by atoms with Gasteiger partial charge in [0.15, 0.2) is 0 Å². The van der Waals surface area contributed by atoms with Crippen molar-refractivity contribution in [2.75, 3.05) is 11.9 Å². The Kier molecular flexibility index (Phi) is 3.93. The molecular weight excluding hydrogens is 366 g/mol. The topological polar surface area (TPSA) is 86.8 Å². The average molecular weight is 380 g/mol. The molecule has 1 N–H and O–H groups in total. The van der Waals surface area contributed by atoms with E-state index in [1.54, 1.807) is 12.1 Å². The first-order chi connectivity index (χ1) is 10.9. The van der Waals surface area contributed by atoms with Gasteiger partial charge in [-0.1, -0.05) is 15.9 Å². The molecule has 120 valence electrons. The predicted octanol–water partition coefficient (Wildman–Crippen LogP) is 1.65. The van der Waals surface area contributed by atoms with Crippen LogP contribution in [0.25, 0.3) is 0 Å². The maximum absolute atomic E-state index is 12.1. The van der Waals surface area contributed by atoms with Crippen LogP contribution in [0.3, 0.4) is 0 Å². The van der Waals surface area contributed by atoms with Gasteiger partial charge in [-0.3, -0.25) is 19.3 Å². The Morgan fingerprint density at radius 1 is 1.26 bits per heavy atom. The van der Waals surface area contributed by atoms with E-state index in [1.165, 1.54) is 0 Å². The summed E-state index contributed by atoms with van der Waals surface area (Å²) in [6, 6.07) is 4.42. The van der Waals surface area contributed by atoms with Gasteiger partial charge in [-0.2, -0.15) is 0 Å². The van der Waals surface area contributed by atoms with Crippen molar-refractivity contribution >= 4 is 45.4 Å². The summed E-state index contributed by atoms with van der Waals surface area (Å²) < 4.78 is 0.878. The van der Waals surface area contributed by atoms with Crippen molar-refractivity contribution in [3.8, 4) is 0 Å². The molecule has 1 saturated carbocycles. The zero-order valence-electron chi connectivity index (χ0n) is 12.3. The van der Waals surface area contributed by atoms with Crippen LogP contribution < -0.4 is 5.32 Å². The Morgan fingerprint density at radius 3 is 2.57 bits per heavy atom. The van der Waals surface area contributed by atoms with Gasteiger partial charge >= 0.3 is 17.8 Å². The maximum atomic E-state index is 12.1. The van der Waals surface area contributed by atoms with Crippen molar-refractivity contribution in [3.63, 3.8) is 0 Å². The Bertz CT molecular complexity index is 729. The fourth-order valence-electron chi connectivity index (χ4n) is 2.42. The zero-order chi connectivity index (χ0) is 16.7. The highest BCUT2D eigenvalue weighted by molar-refractivity contribution is 9.10. The Hall–Kier alpha value is -2.22. The fourth-order valence-corrected chi connectivity index (χ4v) is 2.89. The molecule has 8 heteroatoms. The summed E-state index contributed by atoms with van der Waals surface area (Å²) in [7, 11) is 0. The molecule has 0 atom stereocenters. The molecule has 5 amide bonds. The molecule has 1 aromatic carbocycles. The summed E-state index contributed by atoms with van der Waals surface area (Å²) in [6.07, 6.45) is 1.42. The second kappa shape index (κ2) is 5.77. The third kappa shape index (κ3) is 2.98. The summed E-state index contributed by atoms with van der Waals surface area (Å²) in [6.45, 7) is 1.35. The molecule has 0 aromatic heterocycles. The third-order valence-corrected chi connectivity index (χ3v) is 4.25. The Balaban J connectivity index is 1.69. The summed E-state index contributed by atoms with van der Waals surface area (Å²) in [5, 5.41) is 2.64. The lowest BCUT2D eigenvalue weighted by Gasteiger charge is -2.15. The van der Waals surface area contributed by atoms with E-state index >= 15 is 0 Å². The van der Waals surface area contributed by atoms with Crippen LogP contribution in [0.1, 0.15) is 18.4 Å². The summed E-state index contributed by atoms with van der Waals surface area (Å²) >= 11 is 3.33. The lowest BCUT2D eigenvalue weighted by Crippen LogP contribution is -2.39. The molecule has 1 saturated heterocycles. The summed E-state index contributed by atoms with van der Waals surface area (Å²) in [5.41, 5.74) is 1.42. The van der Waals surface area contributed by atoms with Crippen LogP contribution in [-0.2, 0) is 14.4 Å². The van der Waals surface area contributed by atoms with Crippen molar-refractivity contribution in [1.29, 1.82) is 0 Å². The number of carbonyl (C=O) groups is 4. The van der Waals surface area contributed by atoms with E-state index < -0.39 is 30.3 Å². The minimum atomic E-state index is -0.940. The standard InChI is InChI=1S/C15H14BrN3O4/c1-8-6-9(16)2-5-11(8)17-12(20)7-18-13(21)14(22)19(15(18)23)10-3-4-10/h2,5-6,10H,3-4,7H2,1H3,(H,17,20). The van der Waals surface area contributed by atoms with E-state index in [-0.39, 0.29) is 6.04 Å². The van der Waals surface area contributed by atoms with Gasteiger partial charge in [-0.05, 0) is 43.5 Å². The van der Waals surface area contributed by atoms with Gasteiger partial charge in [0.2, 0.25) is 5.91 Å². The highest BCUT2D eigenvalue weighted by Crippen LogP contribution is 2.31. The van der Waals surface area contributed by atoms with Crippen LogP contribution in [-0.4, -0.2) is 46.1 Å². The van der Waals surface area contributed by atoms with Crippen LogP contribution >= 0.6 is 15.9 Å². The molecule has 3 rings (SSSR count). The Morgan fingerprint density at radius 2 is 1.96 bits per heavy atom. The number of halogens is 1. The number of anilines is 1. The monoisotopic (exact) mass is 379 g/mol. The number of rotatable bonds is 4. The molecule has 0 bridgehead atoms. The minimum Gasteiger partial charge on any atom is -0.324 e. The van der Waals surface area contributed by atoms with E-state index in [4.69, 9.17) is 0 Å².